The van der Waals surface area contributed by atoms with Crippen molar-refractivity contribution in [2.75, 3.05) is 13.2 Å². The van der Waals surface area contributed by atoms with Gasteiger partial charge in [-0.05, 0) is 39.5 Å². The average Bonchev–Trinajstić information content (AvgIpc) is 2.57. The molecule has 3 unspecified atom stereocenters. The van der Waals surface area contributed by atoms with E-state index in [0.29, 0.717) is 19.2 Å². The lowest BCUT2D eigenvalue weighted by Crippen LogP contribution is -2.39. The van der Waals surface area contributed by atoms with E-state index in [1.54, 1.807) is 0 Å². The van der Waals surface area contributed by atoms with Crippen LogP contribution >= 0.6 is 0 Å². The van der Waals surface area contributed by atoms with E-state index < -0.39 is 6.10 Å². The number of hydrogen-bond acceptors (Lipinski definition) is 3. The highest BCUT2D eigenvalue weighted by molar-refractivity contribution is 4.81. The summed E-state index contributed by atoms with van der Waals surface area (Å²) in [6.07, 6.45) is 3.47. The Balaban J connectivity index is 2.12. The SMILES string of the molecule is CC1CCCC1NCC(O)COC(C)(C)C. The van der Waals surface area contributed by atoms with Crippen LogP contribution in [0.2, 0.25) is 0 Å². The van der Waals surface area contributed by atoms with Crippen LogP contribution in [0.1, 0.15) is 47.0 Å². The van der Waals surface area contributed by atoms with Crippen molar-refractivity contribution in [3.05, 3.63) is 0 Å². The first-order valence-corrected chi connectivity index (χ1v) is 6.44. The van der Waals surface area contributed by atoms with Crippen molar-refractivity contribution in [1.82, 2.24) is 5.32 Å². The maximum Gasteiger partial charge on any atom is 0.0898 e. The lowest BCUT2D eigenvalue weighted by atomic mass is 10.1. The maximum absolute atomic E-state index is 9.77. The lowest BCUT2D eigenvalue weighted by Gasteiger charge is -2.24. The molecule has 0 aromatic carbocycles. The van der Waals surface area contributed by atoms with Gasteiger partial charge >= 0.3 is 0 Å². The normalized spacial score (nSPS) is 28.3. The van der Waals surface area contributed by atoms with Crippen LogP contribution in [0.3, 0.4) is 0 Å². The molecule has 0 spiro atoms. The van der Waals surface area contributed by atoms with E-state index in [1.165, 1.54) is 19.3 Å². The number of ether oxygens (including phenoxy) is 1. The van der Waals surface area contributed by atoms with E-state index in [2.05, 4.69) is 12.2 Å². The highest BCUT2D eigenvalue weighted by Crippen LogP contribution is 2.24. The molecule has 1 rings (SSSR count). The minimum Gasteiger partial charge on any atom is -0.389 e. The fourth-order valence-corrected chi connectivity index (χ4v) is 2.14. The molecule has 0 aliphatic heterocycles. The first kappa shape index (κ1) is 13.9. The van der Waals surface area contributed by atoms with Crippen LogP contribution in [0.25, 0.3) is 0 Å². The van der Waals surface area contributed by atoms with Gasteiger partial charge in [-0.1, -0.05) is 13.3 Å². The zero-order valence-electron chi connectivity index (χ0n) is 11.1. The molecule has 1 aliphatic rings. The number of rotatable bonds is 5. The van der Waals surface area contributed by atoms with Gasteiger partial charge in [-0.3, -0.25) is 0 Å². The molecule has 0 radical (unpaired) electrons. The summed E-state index contributed by atoms with van der Waals surface area (Å²) in [5.74, 6) is 0.746. The molecule has 3 atom stereocenters. The highest BCUT2D eigenvalue weighted by atomic mass is 16.5. The predicted molar refractivity (Wildman–Crippen MR) is 66.5 cm³/mol. The van der Waals surface area contributed by atoms with Crippen LogP contribution in [0.5, 0.6) is 0 Å². The Labute approximate surface area is 99.6 Å². The third-order valence-corrected chi connectivity index (χ3v) is 3.19. The monoisotopic (exact) mass is 229 g/mol. The molecule has 3 heteroatoms. The molecule has 3 nitrogen and oxygen atoms in total. The minimum atomic E-state index is -0.396. The van der Waals surface area contributed by atoms with Gasteiger partial charge in [-0.25, -0.2) is 0 Å². The summed E-state index contributed by atoms with van der Waals surface area (Å²) in [5, 5.41) is 13.2. The van der Waals surface area contributed by atoms with Crippen molar-refractivity contribution in [1.29, 1.82) is 0 Å². The van der Waals surface area contributed by atoms with Gasteiger partial charge in [0.25, 0.3) is 0 Å². The van der Waals surface area contributed by atoms with Crippen molar-refractivity contribution in [3.63, 3.8) is 0 Å². The number of hydrogen-bond donors (Lipinski definition) is 2. The molecule has 0 heterocycles. The third kappa shape index (κ3) is 5.28. The topological polar surface area (TPSA) is 41.5 Å². The van der Waals surface area contributed by atoms with Gasteiger partial charge < -0.3 is 15.2 Å². The molecule has 1 saturated carbocycles. The molecule has 2 N–H and O–H groups in total. The molecule has 0 bridgehead atoms. The summed E-state index contributed by atoms with van der Waals surface area (Å²) < 4.78 is 5.54. The fraction of sp³-hybridized carbons (Fsp3) is 1.00. The summed E-state index contributed by atoms with van der Waals surface area (Å²) in [4.78, 5) is 0. The molecule has 96 valence electrons. The first-order chi connectivity index (χ1) is 7.38. The van der Waals surface area contributed by atoms with Crippen molar-refractivity contribution < 1.29 is 9.84 Å². The van der Waals surface area contributed by atoms with Gasteiger partial charge in [0, 0.05) is 12.6 Å². The average molecular weight is 229 g/mol. The molecule has 0 saturated heterocycles. The quantitative estimate of drug-likeness (QED) is 0.757. The second-order valence-electron chi connectivity index (χ2n) is 6.00. The van der Waals surface area contributed by atoms with Crippen LogP contribution in [0.15, 0.2) is 0 Å². The van der Waals surface area contributed by atoms with Crippen LogP contribution in [0.4, 0.5) is 0 Å². The summed E-state index contributed by atoms with van der Waals surface area (Å²) in [5.41, 5.74) is -0.165. The summed E-state index contributed by atoms with van der Waals surface area (Å²) in [6, 6.07) is 0.587. The second-order valence-corrected chi connectivity index (χ2v) is 6.00. The zero-order valence-corrected chi connectivity index (χ0v) is 11.1. The van der Waals surface area contributed by atoms with Gasteiger partial charge in [0.2, 0.25) is 0 Å². The first-order valence-electron chi connectivity index (χ1n) is 6.44. The number of nitrogens with one attached hydrogen (secondary N) is 1. The van der Waals surface area contributed by atoms with Gasteiger partial charge in [-0.15, -0.1) is 0 Å². The highest BCUT2D eigenvalue weighted by Gasteiger charge is 2.23. The molecule has 0 amide bonds. The van der Waals surface area contributed by atoms with E-state index in [9.17, 15) is 5.11 Å². The van der Waals surface area contributed by atoms with Crippen LogP contribution in [-0.4, -0.2) is 36.0 Å². The third-order valence-electron chi connectivity index (χ3n) is 3.19. The van der Waals surface area contributed by atoms with Crippen molar-refractivity contribution in [2.45, 2.75) is 64.7 Å². The Hall–Kier alpha value is -0.120. The smallest absolute Gasteiger partial charge is 0.0898 e. The van der Waals surface area contributed by atoms with Crippen molar-refractivity contribution >= 4 is 0 Å². The van der Waals surface area contributed by atoms with Crippen LogP contribution < -0.4 is 5.32 Å². The predicted octanol–water partition coefficient (Wildman–Crippen LogP) is 1.94. The van der Waals surface area contributed by atoms with Crippen LogP contribution in [0, 0.1) is 5.92 Å². The lowest BCUT2D eigenvalue weighted by molar-refractivity contribution is -0.0485. The molecular formula is C13H27NO2. The van der Waals surface area contributed by atoms with E-state index in [1.807, 2.05) is 20.8 Å². The molecule has 0 aromatic heterocycles. The Morgan fingerprint density at radius 2 is 2.06 bits per heavy atom. The summed E-state index contributed by atoms with van der Waals surface area (Å²) in [7, 11) is 0. The van der Waals surface area contributed by atoms with Gasteiger partial charge in [0.05, 0.1) is 18.3 Å². The Morgan fingerprint density at radius 3 is 2.56 bits per heavy atom. The molecule has 16 heavy (non-hydrogen) atoms. The Morgan fingerprint density at radius 1 is 1.38 bits per heavy atom. The summed E-state index contributed by atoms with van der Waals surface area (Å²) >= 11 is 0. The number of aliphatic hydroxyl groups is 1. The largest absolute Gasteiger partial charge is 0.389 e. The van der Waals surface area contributed by atoms with Gasteiger partial charge in [0.15, 0.2) is 0 Å². The van der Waals surface area contributed by atoms with E-state index in [0.717, 1.165) is 5.92 Å². The summed E-state index contributed by atoms with van der Waals surface area (Å²) in [6.45, 7) is 9.36. The number of aliphatic hydroxyl groups excluding tert-OH is 1. The maximum atomic E-state index is 9.77. The zero-order chi connectivity index (χ0) is 12.2. The molecular weight excluding hydrogens is 202 g/mol. The molecule has 0 aromatic rings. The fourth-order valence-electron chi connectivity index (χ4n) is 2.14. The Kier molecular flexibility index (Phi) is 5.22. The standard InChI is InChI=1S/C13H27NO2/c1-10-6-5-7-12(10)14-8-11(15)9-16-13(2,3)4/h10-12,14-15H,5-9H2,1-4H3. The second kappa shape index (κ2) is 5.99. The van der Waals surface area contributed by atoms with Crippen molar-refractivity contribution in [3.8, 4) is 0 Å². The Bertz CT molecular complexity index is 201. The van der Waals surface area contributed by atoms with E-state index in [-0.39, 0.29) is 5.60 Å². The van der Waals surface area contributed by atoms with E-state index >= 15 is 0 Å². The molecule has 1 fully saturated rings. The molecule has 1 aliphatic carbocycles. The van der Waals surface area contributed by atoms with Gasteiger partial charge in [0.1, 0.15) is 0 Å². The minimum absolute atomic E-state index is 0.165. The van der Waals surface area contributed by atoms with Crippen LogP contribution in [-0.2, 0) is 4.74 Å². The van der Waals surface area contributed by atoms with Gasteiger partial charge in [-0.2, -0.15) is 0 Å². The van der Waals surface area contributed by atoms with Crippen molar-refractivity contribution in [2.24, 2.45) is 5.92 Å². The van der Waals surface area contributed by atoms with E-state index in [4.69, 9.17) is 4.74 Å².